The number of hydrogen-bond acceptors (Lipinski definition) is 5. The van der Waals surface area contributed by atoms with Crippen LogP contribution in [0.25, 0.3) is 10.8 Å². The smallest absolute Gasteiger partial charge is 0.261 e. The van der Waals surface area contributed by atoms with Gasteiger partial charge in [-0.3, -0.25) is 24.1 Å². The van der Waals surface area contributed by atoms with E-state index < -0.39 is 0 Å². The largest absolute Gasteiger partial charge is 0.354 e. The van der Waals surface area contributed by atoms with Crippen molar-refractivity contribution >= 4 is 66.6 Å². The molecule has 0 aliphatic carbocycles. The minimum Gasteiger partial charge on any atom is -0.354 e. The maximum absolute atomic E-state index is 12.7. The second kappa shape index (κ2) is 8.17. The molecule has 0 aromatic heterocycles. The molecule has 3 amide bonds. The molecule has 1 aliphatic rings. The average molecular weight is 482 g/mol. The van der Waals surface area contributed by atoms with Gasteiger partial charge in [-0.2, -0.15) is 0 Å². The lowest BCUT2D eigenvalue weighted by Crippen LogP contribution is -2.44. The third-order valence-electron chi connectivity index (χ3n) is 3.96. The molecule has 0 spiro atoms. The molecule has 6 nitrogen and oxygen atoms in total. The van der Waals surface area contributed by atoms with E-state index in [0.29, 0.717) is 16.5 Å². The Labute approximate surface area is 167 Å². The van der Waals surface area contributed by atoms with Crippen LogP contribution in [0.15, 0.2) is 36.4 Å². The number of nitrogens with zero attached hydrogens (tertiary/aromatic N) is 1. The number of nitrogens with one attached hydrogen (secondary N) is 1. The molecule has 3 rings (SSSR count). The molecule has 2 aromatic carbocycles. The van der Waals surface area contributed by atoms with Crippen LogP contribution in [-0.4, -0.2) is 51.0 Å². The van der Waals surface area contributed by atoms with Crippen molar-refractivity contribution in [2.24, 2.45) is 0 Å². The number of halogens is 1. The van der Waals surface area contributed by atoms with Crippen molar-refractivity contribution < 1.29 is 19.2 Å². The lowest BCUT2D eigenvalue weighted by Gasteiger charge is -2.27. The number of carbonyl (C=O) groups excluding carboxylic acids is 4. The SMILES string of the molecule is O=C(I)CSCC(=O)NCCN1C(=O)c2cccc3cccc(c23)C1=O. The van der Waals surface area contributed by atoms with Crippen LogP contribution in [-0.2, 0) is 9.59 Å². The highest BCUT2D eigenvalue weighted by Gasteiger charge is 2.32. The highest BCUT2D eigenvalue weighted by Crippen LogP contribution is 2.29. The molecule has 1 heterocycles. The van der Waals surface area contributed by atoms with Gasteiger partial charge in [0.1, 0.15) is 0 Å². The first-order chi connectivity index (χ1) is 12.5. The van der Waals surface area contributed by atoms with Crippen LogP contribution in [0.5, 0.6) is 0 Å². The first kappa shape index (κ1) is 18.8. The third kappa shape index (κ3) is 3.90. The van der Waals surface area contributed by atoms with Gasteiger partial charge in [0.25, 0.3) is 11.8 Å². The topological polar surface area (TPSA) is 83.6 Å². The van der Waals surface area contributed by atoms with Crippen LogP contribution in [0.4, 0.5) is 0 Å². The molecule has 0 atom stereocenters. The van der Waals surface area contributed by atoms with Gasteiger partial charge in [0, 0.05) is 52.2 Å². The van der Waals surface area contributed by atoms with E-state index in [1.807, 2.05) is 12.1 Å². The molecule has 134 valence electrons. The van der Waals surface area contributed by atoms with E-state index in [-0.39, 0.29) is 46.1 Å². The lowest BCUT2D eigenvalue weighted by atomic mass is 9.94. The van der Waals surface area contributed by atoms with Gasteiger partial charge in [-0.15, -0.1) is 11.8 Å². The molecule has 0 saturated heterocycles. The Kier molecular flexibility index (Phi) is 5.92. The third-order valence-corrected chi connectivity index (χ3v) is 5.79. The summed E-state index contributed by atoms with van der Waals surface area (Å²) in [5.74, 6) is -0.486. The summed E-state index contributed by atoms with van der Waals surface area (Å²) in [7, 11) is 0. The van der Waals surface area contributed by atoms with Crippen LogP contribution in [0.1, 0.15) is 20.7 Å². The Hall–Kier alpha value is -1.94. The molecule has 0 bridgehead atoms. The second-order valence-corrected chi connectivity index (χ2v) is 7.86. The molecule has 2 aromatic rings. The molecule has 0 radical (unpaired) electrons. The number of benzene rings is 2. The number of rotatable bonds is 7. The summed E-state index contributed by atoms with van der Waals surface area (Å²) in [5.41, 5.74) is 1.00. The summed E-state index contributed by atoms with van der Waals surface area (Å²) >= 11 is 2.91. The number of carbonyl (C=O) groups is 4. The fourth-order valence-electron chi connectivity index (χ4n) is 2.87. The van der Waals surface area contributed by atoms with Gasteiger partial charge in [-0.1, -0.05) is 24.3 Å². The molecule has 0 fully saturated rings. The summed E-state index contributed by atoms with van der Waals surface area (Å²) in [6.07, 6.45) is 0. The lowest BCUT2D eigenvalue weighted by molar-refractivity contribution is -0.118. The Morgan fingerprint density at radius 2 is 1.62 bits per heavy atom. The van der Waals surface area contributed by atoms with Gasteiger partial charge in [-0.25, -0.2) is 0 Å². The average Bonchev–Trinajstić information content (AvgIpc) is 2.62. The van der Waals surface area contributed by atoms with E-state index in [2.05, 4.69) is 5.32 Å². The molecule has 1 aliphatic heterocycles. The quantitative estimate of drug-likeness (QED) is 0.372. The van der Waals surface area contributed by atoms with Crippen LogP contribution < -0.4 is 5.32 Å². The molecular formula is C18H15IN2O4S. The summed E-state index contributed by atoms with van der Waals surface area (Å²) in [5, 5.41) is 4.22. The van der Waals surface area contributed by atoms with Crippen molar-refractivity contribution in [1.82, 2.24) is 10.2 Å². The summed E-state index contributed by atoms with van der Waals surface area (Å²) < 4.78 is -0.0160. The Morgan fingerprint density at radius 1 is 1.00 bits per heavy atom. The number of thioether (sulfide) groups is 1. The van der Waals surface area contributed by atoms with Gasteiger partial charge in [-0.05, 0) is 17.5 Å². The normalized spacial score (nSPS) is 13.2. The van der Waals surface area contributed by atoms with Crippen LogP contribution in [0.3, 0.4) is 0 Å². The Morgan fingerprint density at radius 3 is 2.19 bits per heavy atom. The number of hydrogen-bond donors (Lipinski definition) is 1. The fourth-order valence-corrected chi connectivity index (χ4v) is 4.08. The monoisotopic (exact) mass is 482 g/mol. The van der Waals surface area contributed by atoms with E-state index in [0.717, 1.165) is 5.39 Å². The predicted octanol–water partition coefficient (Wildman–Crippen LogP) is 2.25. The van der Waals surface area contributed by atoms with Gasteiger partial charge < -0.3 is 5.32 Å². The molecule has 26 heavy (non-hydrogen) atoms. The van der Waals surface area contributed by atoms with Crippen molar-refractivity contribution in [1.29, 1.82) is 0 Å². The minimum atomic E-state index is -0.349. The van der Waals surface area contributed by atoms with Crippen molar-refractivity contribution in [3.8, 4) is 0 Å². The summed E-state index contributed by atoms with van der Waals surface area (Å²) in [4.78, 5) is 49.1. The maximum Gasteiger partial charge on any atom is 0.261 e. The maximum atomic E-state index is 12.7. The first-order valence-electron chi connectivity index (χ1n) is 7.89. The molecular weight excluding hydrogens is 467 g/mol. The van der Waals surface area contributed by atoms with Gasteiger partial charge in [0.05, 0.1) is 11.5 Å². The minimum absolute atomic E-state index is 0.0160. The molecule has 1 N–H and O–H groups in total. The number of amides is 3. The highest BCUT2D eigenvalue weighted by atomic mass is 127. The van der Waals surface area contributed by atoms with E-state index in [1.165, 1.54) is 16.7 Å². The van der Waals surface area contributed by atoms with E-state index in [1.54, 1.807) is 46.9 Å². The van der Waals surface area contributed by atoms with Crippen molar-refractivity contribution in [2.45, 2.75) is 0 Å². The van der Waals surface area contributed by atoms with Gasteiger partial charge in [0.15, 0.2) is 0 Å². The Balaban J connectivity index is 1.65. The zero-order valence-electron chi connectivity index (χ0n) is 13.7. The zero-order chi connectivity index (χ0) is 18.7. The van der Waals surface area contributed by atoms with Gasteiger partial charge >= 0.3 is 0 Å². The van der Waals surface area contributed by atoms with Crippen molar-refractivity contribution in [3.05, 3.63) is 47.5 Å². The van der Waals surface area contributed by atoms with Crippen molar-refractivity contribution in [2.75, 3.05) is 24.6 Å². The van der Waals surface area contributed by atoms with E-state index in [9.17, 15) is 19.2 Å². The van der Waals surface area contributed by atoms with Gasteiger partial charge in [0.2, 0.25) is 9.70 Å². The summed E-state index contributed by atoms with van der Waals surface area (Å²) in [6, 6.07) is 10.8. The zero-order valence-corrected chi connectivity index (χ0v) is 16.6. The Bertz CT molecular complexity index is 864. The highest BCUT2D eigenvalue weighted by molar-refractivity contribution is 14.1. The molecule has 0 unspecified atom stereocenters. The van der Waals surface area contributed by atoms with E-state index in [4.69, 9.17) is 0 Å². The van der Waals surface area contributed by atoms with Crippen LogP contribution in [0, 0.1) is 0 Å². The van der Waals surface area contributed by atoms with Crippen LogP contribution >= 0.6 is 34.4 Å². The number of imide groups is 1. The van der Waals surface area contributed by atoms with E-state index >= 15 is 0 Å². The second-order valence-electron chi connectivity index (χ2n) is 5.67. The predicted molar refractivity (Wildman–Crippen MR) is 109 cm³/mol. The molecule has 0 saturated carbocycles. The summed E-state index contributed by atoms with van der Waals surface area (Å²) in [6.45, 7) is 0.275. The van der Waals surface area contributed by atoms with Crippen molar-refractivity contribution in [3.63, 3.8) is 0 Å². The standard InChI is InChI=1S/C18H15IN2O4S/c19-14(22)9-26-10-15(23)20-7-8-21-17(24)12-5-1-3-11-4-2-6-13(16(11)12)18(21)25/h1-6H,7-10H2,(H,20,23). The molecule has 8 heteroatoms. The first-order valence-corrected chi connectivity index (χ1v) is 10.1. The fraction of sp³-hybridized carbons (Fsp3) is 0.222. The van der Waals surface area contributed by atoms with Crippen LogP contribution in [0.2, 0.25) is 0 Å².